The van der Waals surface area contributed by atoms with Gasteiger partial charge in [0.2, 0.25) is 0 Å². The maximum Gasteiger partial charge on any atom is 0.0233 e. The molecule has 1 aliphatic rings. The molecular formula is C17H28N2. The molecule has 1 aliphatic heterocycles. The van der Waals surface area contributed by atoms with Crippen molar-refractivity contribution in [2.45, 2.75) is 39.8 Å². The smallest absolute Gasteiger partial charge is 0.0233 e. The highest BCUT2D eigenvalue weighted by atomic mass is 15.1. The van der Waals surface area contributed by atoms with Gasteiger partial charge in [-0.05, 0) is 55.9 Å². The molecule has 1 aromatic carbocycles. The van der Waals surface area contributed by atoms with E-state index in [4.69, 9.17) is 0 Å². The van der Waals surface area contributed by atoms with E-state index in [1.54, 1.807) is 0 Å². The predicted octanol–water partition coefficient (Wildman–Crippen LogP) is 3.27. The van der Waals surface area contributed by atoms with Gasteiger partial charge in [-0.2, -0.15) is 0 Å². The van der Waals surface area contributed by atoms with Crippen LogP contribution in [0.3, 0.4) is 0 Å². The van der Waals surface area contributed by atoms with Gasteiger partial charge in [-0.3, -0.25) is 4.90 Å². The molecule has 0 aliphatic carbocycles. The third kappa shape index (κ3) is 4.32. The number of hydrogen-bond donors (Lipinski definition) is 1. The highest BCUT2D eigenvalue weighted by Gasteiger charge is 2.21. The molecule has 2 rings (SSSR count). The number of piperidine rings is 1. The molecule has 1 heterocycles. The van der Waals surface area contributed by atoms with Crippen molar-refractivity contribution in [2.24, 2.45) is 11.8 Å². The predicted molar refractivity (Wildman–Crippen MR) is 82.0 cm³/mol. The Morgan fingerprint density at radius 1 is 1.11 bits per heavy atom. The van der Waals surface area contributed by atoms with E-state index in [0.29, 0.717) is 0 Å². The van der Waals surface area contributed by atoms with Gasteiger partial charge in [-0.25, -0.2) is 0 Å². The second-order valence-electron chi connectivity index (χ2n) is 6.20. The van der Waals surface area contributed by atoms with Crippen molar-refractivity contribution in [3.05, 3.63) is 35.4 Å². The van der Waals surface area contributed by atoms with E-state index < -0.39 is 0 Å². The fourth-order valence-corrected chi connectivity index (χ4v) is 3.00. The second-order valence-corrected chi connectivity index (χ2v) is 6.20. The molecule has 0 bridgehead atoms. The zero-order valence-corrected chi connectivity index (χ0v) is 12.7. The van der Waals surface area contributed by atoms with E-state index in [9.17, 15) is 0 Å². The standard InChI is InChI=1S/C17H28N2/c1-14(2)17-8-10-19(11-9-17)13-16-6-4-15(5-7-16)12-18-3/h4-7,14,17-18H,8-13H2,1-3H3. The van der Waals surface area contributed by atoms with Crippen LogP contribution in [-0.2, 0) is 13.1 Å². The van der Waals surface area contributed by atoms with Crippen LogP contribution in [-0.4, -0.2) is 25.0 Å². The first kappa shape index (κ1) is 14.5. The Morgan fingerprint density at radius 3 is 2.21 bits per heavy atom. The summed E-state index contributed by atoms with van der Waals surface area (Å²) in [4.78, 5) is 2.60. The van der Waals surface area contributed by atoms with E-state index >= 15 is 0 Å². The summed E-state index contributed by atoms with van der Waals surface area (Å²) in [7, 11) is 1.99. The Bertz CT molecular complexity index is 361. The van der Waals surface area contributed by atoms with Crippen molar-refractivity contribution in [1.82, 2.24) is 10.2 Å². The molecule has 19 heavy (non-hydrogen) atoms. The number of rotatable bonds is 5. The number of benzene rings is 1. The normalized spacial score (nSPS) is 18.1. The average molecular weight is 260 g/mol. The van der Waals surface area contributed by atoms with Crippen molar-refractivity contribution in [1.29, 1.82) is 0 Å². The van der Waals surface area contributed by atoms with Gasteiger partial charge in [-0.1, -0.05) is 38.1 Å². The Morgan fingerprint density at radius 2 is 1.68 bits per heavy atom. The number of likely N-dealkylation sites (tertiary alicyclic amines) is 1. The number of nitrogens with one attached hydrogen (secondary N) is 1. The van der Waals surface area contributed by atoms with E-state index in [1.165, 1.54) is 37.1 Å². The Hall–Kier alpha value is -0.860. The van der Waals surface area contributed by atoms with Crippen molar-refractivity contribution < 1.29 is 0 Å². The minimum Gasteiger partial charge on any atom is -0.316 e. The quantitative estimate of drug-likeness (QED) is 0.874. The van der Waals surface area contributed by atoms with Gasteiger partial charge in [0, 0.05) is 13.1 Å². The van der Waals surface area contributed by atoms with E-state index in [-0.39, 0.29) is 0 Å². The molecule has 1 N–H and O–H groups in total. The van der Waals surface area contributed by atoms with Crippen LogP contribution in [0.15, 0.2) is 24.3 Å². The molecule has 0 atom stereocenters. The lowest BCUT2D eigenvalue weighted by molar-refractivity contribution is 0.152. The van der Waals surface area contributed by atoms with E-state index in [2.05, 4.69) is 48.3 Å². The zero-order valence-electron chi connectivity index (χ0n) is 12.7. The first-order valence-electron chi connectivity index (χ1n) is 7.64. The molecule has 1 saturated heterocycles. The van der Waals surface area contributed by atoms with E-state index in [0.717, 1.165) is 24.9 Å². The first-order valence-corrected chi connectivity index (χ1v) is 7.64. The van der Waals surface area contributed by atoms with Crippen LogP contribution < -0.4 is 5.32 Å². The highest BCUT2D eigenvalue weighted by Crippen LogP contribution is 2.25. The maximum absolute atomic E-state index is 3.19. The molecule has 106 valence electrons. The van der Waals surface area contributed by atoms with Gasteiger partial charge in [-0.15, -0.1) is 0 Å². The molecule has 0 saturated carbocycles. The third-order valence-electron chi connectivity index (χ3n) is 4.39. The van der Waals surface area contributed by atoms with Gasteiger partial charge in [0.15, 0.2) is 0 Å². The Labute approximate surface area is 118 Å². The number of nitrogens with zero attached hydrogens (tertiary/aromatic N) is 1. The van der Waals surface area contributed by atoms with Crippen molar-refractivity contribution in [3.63, 3.8) is 0 Å². The van der Waals surface area contributed by atoms with Gasteiger partial charge >= 0.3 is 0 Å². The van der Waals surface area contributed by atoms with Gasteiger partial charge in [0.1, 0.15) is 0 Å². The Kier molecular flexibility index (Phi) is 5.41. The van der Waals surface area contributed by atoms with Crippen LogP contribution in [0.5, 0.6) is 0 Å². The summed E-state index contributed by atoms with van der Waals surface area (Å²) in [6.45, 7) is 9.33. The number of hydrogen-bond acceptors (Lipinski definition) is 2. The summed E-state index contributed by atoms with van der Waals surface area (Å²) >= 11 is 0. The maximum atomic E-state index is 3.19. The van der Waals surface area contributed by atoms with Crippen LogP contribution in [0.1, 0.15) is 37.8 Å². The van der Waals surface area contributed by atoms with Crippen LogP contribution in [0.25, 0.3) is 0 Å². The summed E-state index contributed by atoms with van der Waals surface area (Å²) in [5, 5.41) is 3.19. The SMILES string of the molecule is CNCc1ccc(CN2CCC(C(C)C)CC2)cc1. The molecule has 0 amide bonds. The summed E-state index contributed by atoms with van der Waals surface area (Å²) in [5.74, 6) is 1.79. The van der Waals surface area contributed by atoms with Crippen LogP contribution in [0.4, 0.5) is 0 Å². The molecule has 2 heteroatoms. The van der Waals surface area contributed by atoms with Crippen LogP contribution in [0.2, 0.25) is 0 Å². The second kappa shape index (κ2) is 7.06. The molecule has 0 unspecified atom stereocenters. The zero-order chi connectivity index (χ0) is 13.7. The fraction of sp³-hybridized carbons (Fsp3) is 0.647. The Balaban J connectivity index is 1.82. The average Bonchev–Trinajstić information content (AvgIpc) is 2.42. The van der Waals surface area contributed by atoms with E-state index in [1.807, 2.05) is 7.05 Å². The van der Waals surface area contributed by atoms with Gasteiger partial charge < -0.3 is 5.32 Å². The molecule has 0 spiro atoms. The summed E-state index contributed by atoms with van der Waals surface area (Å²) in [5.41, 5.74) is 2.81. The van der Waals surface area contributed by atoms with Gasteiger partial charge in [0.05, 0.1) is 0 Å². The lowest BCUT2D eigenvalue weighted by Crippen LogP contribution is -2.34. The van der Waals surface area contributed by atoms with Crippen molar-refractivity contribution >= 4 is 0 Å². The van der Waals surface area contributed by atoms with Crippen LogP contribution in [0, 0.1) is 11.8 Å². The largest absolute Gasteiger partial charge is 0.316 e. The van der Waals surface area contributed by atoms with Gasteiger partial charge in [0.25, 0.3) is 0 Å². The lowest BCUT2D eigenvalue weighted by atomic mass is 9.86. The minimum atomic E-state index is 0.850. The first-order chi connectivity index (χ1) is 9.19. The molecule has 2 nitrogen and oxygen atoms in total. The summed E-state index contributed by atoms with van der Waals surface area (Å²) in [6.07, 6.45) is 2.74. The summed E-state index contributed by atoms with van der Waals surface area (Å²) < 4.78 is 0. The lowest BCUT2D eigenvalue weighted by Gasteiger charge is -2.33. The molecule has 1 aromatic rings. The molecular weight excluding hydrogens is 232 g/mol. The third-order valence-corrected chi connectivity index (χ3v) is 4.39. The van der Waals surface area contributed by atoms with Crippen molar-refractivity contribution in [2.75, 3.05) is 20.1 Å². The minimum absolute atomic E-state index is 0.850. The fourth-order valence-electron chi connectivity index (χ4n) is 3.00. The monoisotopic (exact) mass is 260 g/mol. The molecule has 0 radical (unpaired) electrons. The topological polar surface area (TPSA) is 15.3 Å². The van der Waals surface area contributed by atoms with Crippen LogP contribution >= 0.6 is 0 Å². The highest BCUT2D eigenvalue weighted by molar-refractivity contribution is 5.22. The summed E-state index contributed by atoms with van der Waals surface area (Å²) in [6, 6.07) is 9.04. The van der Waals surface area contributed by atoms with Crippen molar-refractivity contribution in [3.8, 4) is 0 Å². The molecule has 0 aromatic heterocycles. The molecule has 1 fully saturated rings.